The molecular formula is C10H20ClNO2S. The van der Waals surface area contributed by atoms with Gasteiger partial charge in [-0.05, 0) is 31.1 Å². The van der Waals surface area contributed by atoms with E-state index in [1.54, 1.807) is 4.31 Å². The molecule has 0 radical (unpaired) electrons. The van der Waals surface area contributed by atoms with Gasteiger partial charge in [0.2, 0.25) is 10.0 Å². The van der Waals surface area contributed by atoms with E-state index in [4.69, 9.17) is 11.6 Å². The van der Waals surface area contributed by atoms with Gasteiger partial charge in [0.05, 0.1) is 6.26 Å². The summed E-state index contributed by atoms with van der Waals surface area (Å²) in [6, 6.07) is 0. The molecule has 0 N–H and O–H groups in total. The normalized spacial score (nSPS) is 26.5. The van der Waals surface area contributed by atoms with Crippen molar-refractivity contribution >= 4 is 21.6 Å². The van der Waals surface area contributed by atoms with Crippen LogP contribution in [0.5, 0.6) is 0 Å². The van der Waals surface area contributed by atoms with Crippen LogP contribution < -0.4 is 0 Å². The van der Waals surface area contributed by atoms with Crippen LogP contribution in [-0.2, 0) is 10.0 Å². The van der Waals surface area contributed by atoms with Gasteiger partial charge in [0.15, 0.2) is 0 Å². The highest BCUT2D eigenvalue weighted by Crippen LogP contribution is 2.24. The first-order valence-corrected chi connectivity index (χ1v) is 7.83. The Morgan fingerprint density at radius 3 is 2.73 bits per heavy atom. The van der Waals surface area contributed by atoms with Crippen molar-refractivity contribution in [3.63, 3.8) is 0 Å². The van der Waals surface area contributed by atoms with Gasteiger partial charge in [-0.1, -0.05) is 6.92 Å². The molecule has 1 heterocycles. The Morgan fingerprint density at radius 2 is 2.20 bits per heavy atom. The maximum absolute atomic E-state index is 11.4. The Balaban J connectivity index is 2.49. The molecule has 0 spiro atoms. The Labute approximate surface area is 97.8 Å². The molecule has 1 rings (SSSR count). The Kier molecular flexibility index (Phi) is 4.87. The maximum atomic E-state index is 11.4. The molecule has 2 unspecified atom stereocenters. The summed E-state index contributed by atoms with van der Waals surface area (Å²) in [4.78, 5) is 0. The molecule has 0 aromatic carbocycles. The van der Waals surface area contributed by atoms with Gasteiger partial charge in [0.1, 0.15) is 0 Å². The highest BCUT2D eigenvalue weighted by molar-refractivity contribution is 7.88. The summed E-state index contributed by atoms with van der Waals surface area (Å²) >= 11 is 5.77. The molecule has 0 aromatic rings. The summed E-state index contributed by atoms with van der Waals surface area (Å²) in [7, 11) is -3.00. The van der Waals surface area contributed by atoms with Crippen LogP contribution in [-0.4, -0.2) is 37.9 Å². The van der Waals surface area contributed by atoms with E-state index in [2.05, 4.69) is 6.92 Å². The van der Waals surface area contributed by atoms with Gasteiger partial charge in [-0.2, -0.15) is 0 Å². The van der Waals surface area contributed by atoms with Crippen LogP contribution in [0, 0.1) is 11.8 Å². The van der Waals surface area contributed by atoms with Crippen LogP contribution in [0.25, 0.3) is 0 Å². The third kappa shape index (κ3) is 4.29. The van der Waals surface area contributed by atoms with Gasteiger partial charge in [-0.25, -0.2) is 12.7 Å². The zero-order chi connectivity index (χ0) is 11.5. The van der Waals surface area contributed by atoms with Crippen molar-refractivity contribution in [2.75, 3.05) is 25.2 Å². The van der Waals surface area contributed by atoms with Gasteiger partial charge >= 0.3 is 0 Å². The molecule has 15 heavy (non-hydrogen) atoms. The highest BCUT2D eigenvalue weighted by atomic mass is 35.5. The predicted molar refractivity (Wildman–Crippen MR) is 63.6 cm³/mol. The number of alkyl halides is 1. The molecule has 1 fully saturated rings. The third-order valence-electron chi connectivity index (χ3n) is 2.95. The zero-order valence-electron chi connectivity index (χ0n) is 9.45. The van der Waals surface area contributed by atoms with Crippen LogP contribution in [0.15, 0.2) is 0 Å². The number of sulfonamides is 1. The van der Waals surface area contributed by atoms with Crippen molar-refractivity contribution in [1.82, 2.24) is 4.31 Å². The van der Waals surface area contributed by atoms with Gasteiger partial charge in [0, 0.05) is 19.0 Å². The number of hydrogen-bond donors (Lipinski definition) is 0. The lowest BCUT2D eigenvalue weighted by atomic mass is 9.91. The van der Waals surface area contributed by atoms with Gasteiger partial charge in [0.25, 0.3) is 0 Å². The SMILES string of the molecule is CC(CCl)CC1CCCN(S(C)(=O)=O)C1. The second-order valence-corrected chi connectivity index (χ2v) is 6.92. The van der Waals surface area contributed by atoms with Crippen molar-refractivity contribution in [2.45, 2.75) is 26.2 Å². The fraction of sp³-hybridized carbons (Fsp3) is 1.00. The molecule has 3 nitrogen and oxygen atoms in total. The first-order chi connectivity index (χ1) is 6.93. The average Bonchev–Trinajstić information content (AvgIpc) is 2.17. The van der Waals surface area contributed by atoms with Gasteiger partial charge < -0.3 is 0 Å². The van der Waals surface area contributed by atoms with E-state index >= 15 is 0 Å². The highest BCUT2D eigenvalue weighted by Gasteiger charge is 2.26. The van der Waals surface area contributed by atoms with Crippen molar-refractivity contribution in [1.29, 1.82) is 0 Å². The molecule has 90 valence electrons. The molecule has 0 aromatic heterocycles. The largest absolute Gasteiger partial charge is 0.213 e. The molecule has 5 heteroatoms. The maximum Gasteiger partial charge on any atom is 0.211 e. The third-order valence-corrected chi connectivity index (χ3v) is 4.75. The fourth-order valence-corrected chi connectivity index (χ4v) is 3.22. The minimum Gasteiger partial charge on any atom is -0.213 e. The lowest BCUT2D eigenvalue weighted by molar-refractivity contribution is 0.240. The number of nitrogens with zero attached hydrogens (tertiary/aromatic N) is 1. The summed E-state index contributed by atoms with van der Waals surface area (Å²) in [5.41, 5.74) is 0. The fourth-order valence-electron chi connectivity index (χ4n) is 2.15. The van der Waals surface area contributed by atoms with E-state index in [9.17, 15) is 8.42 Å². The lowest BCUT2D eigenvalue weighted by Crippen LogP contribution is -2.39. The topological polar surface area (TPSA) is 37.4 Å². The van der Waals surface area contributed by atoms with Gasteiger partial charge in [-0.15, -0.1) is 11.6 Å². The van der Waals surface area contributed by atoms with E-state index < -0.39 is 10.0 Å². The predicted octanol–water partition coefficient (Wildman–Crippen LogP) is 1.92. The molecule has 1 aliphatic heterocycles. The molecule has 0 saturated carbocycles. The van der Waals surface area contributed by atoms with Crippen molar-refractivity contribution in [3.8, 4) is 0 Å². The van der Waals surface area contributed by atoms with Gasteiger partial charge in [-0.3, -0.25) is 0 Å². The molecule has 1 saturated heterocycles. The Bertz CT molecular complexity index is 292. The minimum absolute atomic E-state index is 0.483. The summed E-state index contributed by atoms with van der Waals surface area (Å²) in [6.45, 7) is 3.48. The van der Waals surface area contributed by atoms with Crippen LogP contribution >= 0.6 is 11.6 Å². The average molecular weight is 254 g/mol. The van der Waals surface area contributed by atoms with E-state index in [1.807, 2.05) is 0 Å². The van der Waals surface area contributed by atoms with Crippen molar-refractivity contribution in [2.24, 2.45) is 11.8 Å². The summed E-state index contributed by atoms with van der Waals surface area (Å²) in [6.07, 6.45) is 4.44. The number of halogens is 1. The number of piperidine rings is 1. The molecule has 0 bridgehead atoms. The molecule has 2 atom stereocenters. The Morgan fingerprint density at radius 1 is 1.53 bits per heavy atom. The summed E-state index contributed by atoms with van der Waals surface area (Å²) in [5.74, 6) is 1.63. The van der Waals surface area contributed by atoms with E-state index in [1.165, 1.54) is 6.26 Å². The quantitative estimate of drug-likeness (QED) is 0.718. The minimum atomic E-state index is -3.00. The van der Waals surface area contributed by atoms with E-state index in [0.717, 1.165) is 19.3 Å². The smallest absolute Gasteiger partial charge is 0.211 e. The monoisotopic (exact) mass is 253 g/mol. The molecular weight excluding hydrogens is 234 g/mol. The summed E-state index contributed by atoms with van der Waals surface area (Å²) < 4.78 is 24.4. The standard InChI is InChI=1S/C10H20ClNO2S/c1-9(7-11)6-10-4-3-5-12(8-10)15(2,13)14/h9-10H,3-8H2,1-2H3. The first-order valence-electron chi connectivity index (χ1n) is 5.44. The lowest BCUT2D eigenvalue weighted by Gasteiger charge is -2.32. The second-order valence-electron chi connectivity index (χ2n) is 4.62. The van der Waals surface area contributed by atoms with Crippen molar-refractivity contribution in [3.05, 3.63) is 0 Å². The van der Waals surface area contributed by atoms with Crippen LogP contribution in [0.3, 0.4) is 0 Å². The van der Waals surface area contributed by atoms with Crippen LogP contribution in [0.1, 0.15) is 26.2 Å². The molecule has 1 aliphatic rings. The molecule has 0 amide bonds. The number of hydrogen-bond acceptors (Lipinski definition) is 2. The van der Waals surface area contributed by atoms with E-state index in [0.29, 0.717) is 30.8 Å². The molecule has 0 aliphatic carbocycles. The van der Waals surface area contributed by atoms with Crippen LogP contribution in [0.4, 0.5) is 0 Å². The number of rotatable bonds is 4. The van der Waals surface area contributed by atoms with Crippen molar-refractivity contribution < 1.29 is 8.42 Å². The second kappa shape index (κ2) is 5.51. The first kappa shape index (κ1) is 13.3. The van der Waals surface area contributed by atoms with Crippen LogP contribution in [0.2, 0.25) is 0 Å². The van der Waals surface area contributed by atoms with E-state index in [-0.39, 0.29) is 0 Å². The zero-order valence-corrected chi connectivity index (χ0v) is 11.0. The summed E-state index contributed by atoms with van der Waals surface area (Å²) in [5, 5.41) is 0. The Hall–Kier alpha value is 0.200.